The van der Waals surface area contributed by atoms with Crippen LogP contribution in [0.3, 0.4) is 0 Å². The van der Waals surface area contributed by atoms with Crippen molar-refractivity contribution >= 4 is 56.3 Å². The quantitative estimate of drug-likeness (QED) is 0.0948. The number of nitrogens with zero attached hydrogens (tertiary/aromatic N) is 7. The number of fused-ring (bicyclic) bond motifs is 4. The number of hydrogen-bond acceptors (Lipinski definition) is 7. The minimum absolute atomic E-state index is 0.000486. The van der Waals surface area contributed by atoms with Crippen LogP contribution in [0.1, 0.15) is 49.5 Å². The number of ether oxygens (including phenoxy) is 2. The van der Waals surface area contributed by atoms with Crippen molar-refractivity contribution in [2.75, 3.05) is 12.9 Å². The third-order valence-corrected chi connectivity index (χ3v) is 9.73. The van der Waals surface area contributed by atoms with Crippen molar-refractivity contribution in [3.8, 4) is 17.1 Å². The standard InChI is InChI=1S/C32H28ClF4N7O2S/c1-42-27-25(22-18-15-38-43(21-10-6-7-13-45-21)20(18)14-19(33)24(22)31(34)11-12-31)41-44(32(35,36)37)26(27)23-28(42)39-30(47-2)40-29(23)46-16-17-8-4-3-5-9-17/h3-5,8-9,14-15,21H,6-7,10-13,16H2,1-2H3. The van der Waals surface area contributed by atoms with E-state index in [1.807, 2.05) is 30.3 Å². The fourth-order valence-electron chi connectivity index (χ4n) is 6.54. The Morgan fingerprint density at radius 2 is 1.91 bits per heavy atom. The molecule has 4 aromatic heterocycles. The first-order valence-corrected chi connectivity index (χ1v) is 16.8. The molecule has 0 radical (unpaired) electrons. The topological polar surface area (TPSA) is 84.8 Å². The lowest BCUT2D eigenvalue weighted by Gasteiger charge is -2.24. The van der Waals surface area contributed by atoms with E-state index in [0.717, 1.165) is 18.4 Å². The van der Waals surface area contributed by atoms with Gasteiger partial charge in [-0.3, -0.25) is 0 Å². The summed E-state index contributed by atoms with van der Waals surface area (Å²) in [4.78, 5) is 9.09. The summed E-state index contributed by atoms with van der Waals surface area (Å²) in [6.07, 6.45) is 0.892. The van der Waals surface area contributed by atoms with E-state index in [0.29, 0.717) is 29.1 Å². The van der Waals surface area contributed by atoms with Gasteiger partial charge in [0.05, 0.1) is 17.2 Å². The summed E-state index contributed by atoms with van der Waals surface area (Å²) in [7, 11) is 1.61. The van der Waals surface area contributed by atoms with Crippen molar-refractivity contribution in [2.45, 2.75) is 62.1 Å². The van der Waals surface area contributed by atoms with Crippen LogP contribution in [0.2, 0.25) is 5.02 Å². The first-order valence-electron chi connectivity index (χ1n) is 15.2. The molecule has 1 saturated carbocycles. The second-order valence-electron chi connectivity index (χ2n) is 11.9. The van der Waals surface area contributed by atoms with E-state index >= 15 is 4.39 Å². The molecule has 1 aliphatic heterocycles. The van der Waals surface area contributed by atoms with Crippen LogP contribution < -0.4 is 4.74 Å². The average molecular weight is 686 g/mol. The molecule has 0 N–H and O–H groups in total. The van der Waals surface area contributed by atoms with E-state index < -0.39 is 12.0 Å². The minimum Gasteiger partial charge on any atom is -0.472 e. The predicted molar refractivity (Wildman–Crippen MR) is 170 cm³/mol. The van der Waals surface area contributed by atoms with E-state index in [-0.39, 0.29) is 80.1 Å². The Bertz CT molecular complexity index is 2170. The van der Waals surface area contributed by atoms with E-state index in [1.165, 1.54) is 22.5 Å². The normalized spacial score (nSPS) is 18.1. The van der Waals surface area contributed by atoms with Crippen molar-refractivity contribution in [3.63, 3.8) is 0 Å². The Morgan fingerprint density at radius 1 is 1.13 bits per heavy atom. The Morgan fingerprint density at radius 3 is 2.60 bits per heavy atom. The maximum atomic E-state index is 16.3. The zero-order valence-corrected chi connectivity index (χ0v) is 26.9. The summed E-state index contributed by atoms with van der Waals surface area (Å²) in [5.41, 5.74) is -0.307. The average Bonchev–Trinajstić information content (AvgIpc) is 3.37. The van der Waals surface area contributed by atoms with Crippen molar-refractivity contribution in [2.24, 2.45) is 7.05 Å². The van der Waals surface area contributed by atoms with Crippen molar-refractivity contribution in [1.82, 2.24) is 34.1 Å². The fraction of sp³-hybridized carbons (Fsp3) is 0.375. The van der Waals surface area contributed by atoms with E-state index in [4.69, 9.17) is 21.1 Å². The zero-order chi connectivity index (χ0) is 32.7. The lowest BCUT2D eigenvalue weighted by molar-refractivity contribution is -0.208. The molecule has 2 fully saturated rings. The van der Waals surface area contributed by atoms with Crippen LogP contribution in [-0.2, 0) is 30.4 Å². The fourth-order valence-corrected chi connectivity index (χ4v) is 7.25. The van der Waals surface area contributed by atoms with Crippen molar-refractivity contribution in [1.29, 1.82) is 0 Å². The van der Waals surface area contributed by atoms with Gasteiger partial charge in [-0.25, -0.2) is 14.1 Å². The molecule has 5 heterocycles. The molecule has 6 aromatic rings. The molecular formula is C32H28ClF4N7O2S. The number of alkyl halides is 4. The van der Waals surface area contributed by atoms with Crippen molar-refractivity contribution < 1.29 is 27.0 Å². The predicted octanol–water partition coefficient (Wildman–Crippen LogP) is 8.42. The number of rotatable bonds is 7. The number of thioether (sulfide) groups is 1. The van der Waals surface area contributed by atoms with Gasteiger partial charge in [-0.15, -0.1) is 13.2 Å². The summed E-state index contributed by atoms with van der Waals surface area (Å²) in [6, 6.07) is 10.9. The minimum atomic E-state index is -4.95. The van der Waals surface area contributed by atoms with Gasteiger partial charge in [-0.1, -0.05) is 53.7 Å². The summed E-state index contributed by atoms with van der Waals surface area (Å²) >= 11 is 8.09. The monoisotopic (exact) mass is 685 g/mol. The number of benzene rings is 2. The molecule has 1 aliphatic carbocycles. The molecule has 0 amide bonds. The Balaban J connectivity index is 1.44. The van der Waals surface area contributed by atoms with E-state index in [2.05, 4.69) is 20.2 Å². The summed E-state index contributed by atoms with van der Waals surface area (Å²) in [5.74, 6) is -0.0198. The number of hydrogen-bond donors (Lipinski definition) is 0. The molecule has 244 valence electrons. The smallest absolute Gasteiger partial charge is 0.472 e. The van der Waals surface area contributed by atoms with Gasteiger partial charge < -0.3 is 14.0 Å². The second kappa shape index (κ2) is 11.1. The molecule has 8 rings (SSSR count). The lowest BCUT2D eigenvalue weighted by atomic mass is 9.95. The highest BCUT2D eigenvalue weighted by Crippen LogP contribution is 2.57. The van der Waals surface area contributed by atoms with Gasteiger partial charge in [0.2, 0.25) is 5.88 Å². The molecule has 2 aromatic carbocycles. The molecule has 0 spiro atoms. The summed E-state index contributed by atoms with van der Waals surface area (Å²) < 4.78 is 76.5. The number of aryl methyl sites for hydroxylation is 1. The van der Waals surface area contributed by atoms with Crippen molar-refractivity contribution in [3.05, 3.63) is 58.7 Å². The molecule has 9 nitrogen and oxygen atoms in total. The lowest BCUT2D eigenvalue weighted by Crippen LogP contribution is -2.19. The van der Waals surface area contributed by atoms with Gasteiger partial charge in [-0.2, -0.15) is 19.9 Å². The van der Waals surface area contributed by atoms with E-state index in [9.17, 15) is 13.2 Å². The van der Waals surface area contributed by atoms with Crippen LogP contribution in [0.15, 0.2) is 47.8 Å². The van der Waals surface area contributed by atoms with Crippen LogP contribution in [-0.4, -0.2) is 47.0 Å². The van der Waals surface area contributed by atoms with Gasteiger partial charge in [-0.05, 0) is 50.0 Å². The maximum Gasteiger partial charge on any atom is 0.505 e. The zero-order valence-electron chi connectivity index (χ0n) is 25.3. The first kappa shape index (κ1) is 30.5. The molecule has 47 heavy (non-hydrogen) atoms. The Labute approximate surface area is 274 Å². The molecule has 15 heteroatoms. The van der Waals surface area contributed by atoms with Gasteiger partial charge in [0.15, 0.2) is 17.0 Å². The summed E-state index contributed by atoms with van der Waals surface area (Å²) in [5, 5.41) is 9.64. The molecule has 0 bridgehead atoms. The molecule has 1 saturated heterocycles. The summed E-state index contributed by atoms with van der Waals surface area (Å²) in [6.45, 7) is 0.620. The largest absolute Gasteiger partial charge is 0.505 e. The van der Waals surface area contributed by atoms with E-state index in [1.54, 1.807) is 24.1 Å². The number of halogens is 5. The highest BCUT2D eigenvalue weighted by molar-refractivity contribution is 7.98. The second-order valence-corrected chi connectivity index (χ2v) is 13.1. The highest BCUT2D eigenvalue weighted by atomic mass is 35.5. The van der Waals surface area contributed by atoms with Crippen LogP contribution in [0.5, 0.6) is 5.88 Å². The third-order valence-electron chi connectivity index (χ3n) is 8.89. The van der Waals surface area contributed by atoms with Gasteiger partial charge in [0.25, 0.3) is 0 Å². The van der Waals surface area contributed by atoms with Gasteiger partial charge in [0, 0.05) is 35.2 Å². The molecule has 1 atom stereocenters. The highest BCUT2D eigenvalue weighted by Gasteiger charge is 2.50. The van der Waals surface area contributed by atoms with Crippen LogP contribution in [0.25, 0.3) is 44.2 Å². The maximum absolute atomic E-state index is 16.3. The van der Waals surface area contributed by atoms with Crippen LogP contribution in [0, 0.1) is 0 Å². The molecular weight excluding hydrogens is 658 g/mol. The molecule has 1 unspecified atom stereocenters. The third kappa shape index (κ3) is 4.94. The Kier molecular flexibility index (Phi) is 7.19. The van der Waals surface area contributed by atoms with Crippen LogP contribution in [0.4, 0.5) is 17.6 Å². The van der Waals surface area contributed by atoms with Crippen LogP contribution >= 0.6 is 23.4 Å². The Hall–Kier alpha value is -3.88. The van der Waals surface area contributed by atoms with Gasteiger partial charge >= 0.3 is 6.30 Å². The number of aromatic nitrogens is 7. The SMILES string of the molecule is CSc1nc(OCc2ccccc2)c2c3c(c(-c4c(C5(F)CC5)c(Cl)cc5c4cnn5C4CCCCO4)nn3C(F)(F)F)n(C)c2n1. The molecule has 2 aliphatic rings. The first-order chi connectivity index (χ1) is 22.6. The van der Waals surface area contributed by atoms with Gasteiger partial charge in [0.1, 0.15) is 28.9 Å².